The van der Waals surface area contributed by atoms with Crippen molar-refractivity contribution in [2.24, 2.45) is 23.3 Å². The van der Waals surface area contributed by atoms with Gasteiger partial charge in [0.25, 0.3) is 0 Å². The van der Waals surface area contributed by atoms with Gasteiger partial charge in [-0.1, -0.05) is 58.0 Å². The predicted octanol–water partition coefficient (Wildman–Crippen LogP) is -4.71. The molecule has 1 heterocycles. The zero-order valence-electron chi connectivity index (χ0n) is 34.5. The number of imidazole rings is 1. The molecule has 8 amide bonds. The number of H-pyrrole nitrogens is 1. The Morgan fingerprint density at radius 2 is 1.15 bits per heavy atom. The van der Waals surface area contributed by atoms with Crippen LogP contribution in [0.1, 0.15) is 51.8 Å². The molecule has 24 nitrogen and oxygen atoms in total. The third-order valence-electron chi connectivity index (χ3n) is 9.07. The molecule has 0 aliphatic rings. The van der Waals surface area contributed by atoms with Crippen molar-refractivity contribution in [3.63, 3.8) is 0 Å². The zero-order chi connectivity index (χ0) is 46.7. The third-order valence-corrected chi connectivity index (χ3v) is 9.07. The van der Waals surface area contributed by atoms with Crippen molar-refractivity contribution in [1.82, 2.24) is 47.2 Å². The van der Waals surface area contributed by atoms with E-state index in [4.69, 9.17) is 16.6 Å². The van der Waals surface area contributed by atoms with E-state index in [1.54, 1.807) is 58.0 Å². The number of amides is 8. The van der Waals surface area contributed by atoms with Crippen LogP contribution < -0.4 is 48.7 Å². The van der Waals surface area contributed by atoms with Crippen molar-refractivity contribution >= 4 is 59.2 Å². The number of carboxylic acids is 2. The topological polar surface area (TPSA) is 396 Å². The highest BCUT2D eigenvalue weighted by Gasteiger charge is 2.35. The molecule has 0 saturated heterocycles. The maximum absolute atomic E-state index is 14.1. The molecule has 0 spiro atoms. The summed E-state index contributed by atoms with van der Waals surface area (Å²) >= 11 is 0. The average Bonchev–Trinajstić information content (AvgIpc) is 3.72. The molecule has 0 bridgehead atoms. The molecule has 2 rings (SSSR count). The SMILES string of the molecule is CC(C)[C@H](N)C(=O)N[C@H](C(=O)N[C@@H](CO)C(=O)N[C@@H](Cc1cnc[nH]1)C(=O)N[C@@H](Cc1ccccc1)C(=O)N[C@@H](CC(N)=O)C(=O)N[C@@H](CC(=O)O)C(=O)NCC(=O)O)C(C)C. The Hall–Kier alpha value is -6.95. The van der Waals surface area contributed by atoms with Gasteiger partial charge in [-0.3, -0.25) is 47.9 Å². The number of benzene rings is 1. The predicted molar refractivity (Wildman–Crippen MR) is 215 cm³/mol. The molecule has 0 saturated carbocycles. The summed E-state index contributed by atoms with van der Waals surface area (Å²) < 4.78 is 0. The molecule has 0 aliphatic carbocycles. The molecular weight excluding hydrogens is 818 g/mol. The summed E-state index contributed by atoms with van der Waals surface area (Å²) in [5.74, 6) is -11.9. The Kier molecular flexibility index (Phi) is 20.6. The van der Waals surface area contributed by atoms with Gasteiger partial charge in [-0.2, -0.15) is 0 Å². The van der Waals surface area contributed by atoms with Gasteiger partial charge in [0, 0.05) is 24.7 Å². The van der Waals surface area contributed by atoms with Crippen LogP contribution in [-0.4, -0.2) is 140 Å². The van der Waals surface area contributed by atoms with E-state index in [0.717, 1.165) is 0 Å². The highest BCUT2D eigenvalue weighted by molar-refractivity contribution is 5.99. The number of aliphatic hydroxyl groups excluding tert-OH is 1. The Morgan fingerprint density at radius 1 is 0.629 bits per heavy atom. The molecule has 0 radical (unpaired) electrons. The van der Waals surface area contributed by atoms with Crippen molar-refractivity contribution in [2.45, 2.75) is 95.7 Å². The second kappa shape index (κ2) is 25.0. The highest BCUT2D eigenvalue weighted by Crippen LogP contribution is 2.09. The number of carboxylic acid groups (broad SMARTS) is 2. The van der Waals surface area contributed by atoms with Gasteiger partial charge in [0.15, 0.2) is 0 Å². The van der Waals surface area contributed by atoms with Crippen LogP contribution in [-0.2, 0) is 60.8 Å². The van der Waals surface area contributed by atoms with E-state index in [0.29, 0.717) is 11.3 Å². The summed E-state index contributed by atoms with van der Waals surface area (Å²) in [5, 5.41) is 44.5. The number of nitrogens with two attached hydrogens (primary N) is 2. The van der Waals surface area contributed by atoms with E-state index >= 15 is 0 Å². The van der Waals surface area contributed by atoms with Gasteiger partial charge in [0.1, 0.15) is 42.8 Å². The smallest absolute Gasteiger partial charge is 0.322 e. The fourth-order valence-corrected chi connectivity index (χ4v) is 5.60. The zero-order valence-corrected chi connectivity index (χ0v) is 34.5. The van der Waals surface area contributed by atoms with Crippen LogP contribution in [0.5, 0.6) is 0 Å². The van der Waals surface area contributed by atoms with E-state index in [9.17, 15) is 58.2 Å². The molecule has 7 atom stereocenters. The van der Waals surface area contributed by atoms with Crippen molar-refractivity contribution in [1.29, 1.82) is 0 Å². The number of aliphatic carboxylic acids is 2. The summed E-state index contributed by atoms with van der Waals surface area (Å²) in [7, 11) is 0. The Balaban J connectivity index is 2.42. The van der Waals surface area contributed by atoms with Crippen LogP contribution in [0.15, 0.2) is 42.9 Å². The minimum Gasteiger partial charge on any atom is -0.481 e. The van der Waals surface area contributed by atoms with Gasteiger partial charge >= 0.3 is 11.9 Å². The van der Waals surface area contributed by atoms with Crippen LogP contribution >= 0.6 is 0 Å². The number of hydrogen-bond acceptors (Lipinski definition) is 13. The van der Waals surface area contributed by atoms with E-state index in [1.165, 1.54) is 12.5 Å². The van der Waals surface area contributed by atoms with Crippen molar-refractivity contribution in [3.8, 4) is 0 Å². The lowest BCUT2D eigenvalue weighted by Crippen LogP contribution is -2.61. The summed E-state index contributed by atoms with van der Waals surface area (Å²) in [5.41, 5.74) is 12.1. The van der Waals surface area contributed by atoms with Gasteiger partial charge in [0.05, 0.1) is 31.8 Å². The number of carbonyl (C=O) groups excluding carboxylic acids is 8. The first-order valence-electron chi connectivity index (χ1n) is 19.3. The number of aliphatic hydroxyl groups is 1. The second-order valence-corrected chi connectivity index (χ2v) is 14.8. The quantitative estimate of drug-likeness (QED) is 0.0422. The molecule has 0 aliphatic heterocycles. The summed E-state index contributed by atoms with van der Waals surface area (Å²) in [6, 6.07) is -2.42. The molecule has 24 heteroatoms. The maximum Gasteiger partial charge on any atom is 0.322 e. The number of aromatic nitrogens is 2. The second-order valence-electron chi connectivity index (χ2n) is 14.8. The number of carbonyl (C=O) groups is 10. The highest BCUT2D eigenvalue weighted by atomic mass is 16.4. The number of primary amides is 1. The minimum atomic E-state index is -1.86. The van der Waals surface area contributed by atoms with Gasteiger partial charge in [-0.05, 0) is 17.4 Å². The standard InChI is InChI=1S/C38H55N11O13/c1-18(2)30(40)37(61)49-31(19(3)4)38(62)48-26(16-50)36(60)45-23(11-21-14-41-17-43-21)34(58)44-22(10-20-8-6-5-7-9-20)33(57)46-24(12-27(39)51)35(59)47-25(13-28(52)53)32(56)42-15-29(54)55/h5-9,14,17-19,22-26,30-31,50H,10-13,15-16,40H2,1-4H3,(H2,39,51)(H,41,43)(H,42,56)(H,44,58)(H,45,60)(H,46,57)(H,47,59)(H,48,62)(H,49,61)(H,52,53)(H,54,55)/t22-,23-,24-,25-,26-,30-,31-/m0/s1. The van der Waals surface area contributed by atoms with E-state index in [1.807, 2.05) is 5.32 Å². The first-order valence-corrected chi connectivity index (χ1v) is 19.3. The summed E-state index contributed by atoms with van der Waals surface area (Å²) in [6.45, 7) is 4.83. The fourth-order valence-electron chi connectivity index (χ4n) is 5.60. The fraction of sp³-hybridized carbons (Fsp3) is 0.500. The molecule has 0 unspecified atom stereocenters. The van der Waals surface area contributed by atoms with Gasteiger partial charge < -0.3 is 69.0 Å². The minimum absolute atomic E-state index is 0.245. The van der Waals surface area contributed by atoms with Crippen LogP contribution in [0.25, 0.3) is 0 Å². The molecule has 62 heavy (non-hydrogen) atoms. The normalized spacial score (nSPS) is 14.4. The largest absolute Gasteiger partial charge is 0.481 e. The first kappa shape index (κ1) is 51.2. The third kappa shape index (κ3) is 17.3. The molecule has 1 aromatic carbocycles. The first-order chi connectivity index (χ1) is 29.1. The Bertz CT molecular complexity index is 1890. The number of aromatic amines is 1. The van der Waals surface area contributed by atoms with Crippen molar-refractivity contribution in [2.75, 3.05) is 13.2 Å². The molecule has 340 valence electrons. The van der Waals surface area contributed by atoms with Crippen molar-refractivity contribution < 1.29 is 63.3 Å². The van der Waals surface area contributed by atoms with Crippen LogP contribution in [0.3, 0.4) is 0 Å². The van der Waals surface area contributed by atoms with Gasteiger partial charge in [0.2, 0.25) is 47.3 Å². The molecule has 1 aromatic heterocycles. The van der Waals surface area contributed by atoms with Gasteiger partial charge in [-0.15, -0.1) is 0 Å². The number of nitrogens with one attached hydrogen (secondary N) is 8. The lowest BCUT2D eigenvalue weighted by Gasteiger charge is -2.28. The number of hydrogen-bond donors (Lipinski definition) is 13. The van der Waals surface area contributed by atoms with E-state index < -0.39 is 133 Å². The monoisotopic (exact) mass is 873 g/mol. The van der Waals surface area contributed by atoms with Gasteiger partial charge in [-0.25, -0.2) is 4.98 Å². The van der Waals surface area contributed by atoms with Crippen LogP contribution in [0.4, 0.5) is 0 Å². The summed E-state index contributed by atoms with van der Waals surface area (Å²) in [4.78, 5) is 135. The van der Waals surface area contributed by atoms with Crippen LogP contribution in [0.2, 0.25) is 0 Å². The lowest BCUT2D eigenvalue weighted by molar-refractivity contribution is -0.142. The van der Waals surface area contributed by atoms with E-state index in [2.05, 4.69) is 41.9 Å². The Labute approximate surface area is 355 Å². The number of nitrogens with zero attached hydrogens (tertiary/aromatic N) is 1. The molecule has 15 N–H and O–H groups in total. The molecular formula is C38H55N11O13. The molecule has 0 fully saturated rings. The van der Waals surface area contributed by atoms with Crippen LogP contribution in [0, 0.1) is 11.8 Å². The Morgan fingerprint density at radius 3 is 1.63 bits per heavy atom. The summed E-state index contributed by atoms with van der Waals surface area (Å²) in [6.07, 6.45) is 0.219. The number of rotatable bonds is 26. The van der Waals surface area contributed by atoms with Crippen molar-refractivity contribution in [3.05, 3.63) is 54.1 Å². The molecule has 2 aromatic rings. The maximum atomic E-state index is 14.1. The van der Waals surface area contributed by atoms with E-state index in [-0.39, 0.29) is 18.8 Å². The lowest BCUT2D eigenvalue weighted by atomic mass is 10.00. The average molecular weight is 874 g/mol.